The Bertz CT molecular complexity index is 492. The molecule has 114 valence electrons. The molecule has 0 aliphatic carbocycles. The number of aliphatic hydroxyl groups excluding tert-OH is 1. The van der Waals surface area contributed by atoms with Gasteiger partial charge in [0.25, 0.3) is 0 Å². The zero-order chi connectivity index (χ0) is 15.7. The molecule has 0 unspecified atom stereocenters. The standard InChI is InChI=1S/C16H22N2O2S/c1-16(2,7-8-19)12-18-15(20)11-21-10-14-5-3-13(9-17)4-6-14/h3-6,19H,7-8,10-12H2,1-2H3,(H,18,20). The molecule has 1 aromatic rings. The van der Waals surface area contributed by atoms with E-state index in [4.69, 9.17) is 10.4 Å². The van der Waals surface area contributed by atoms with Crippen molar-refractivity contribution in [1.82, 2.24) is 5.32 Å². The molecule has 5 heteroatoms. The molecule has 0 aromatic heterocycles. The minimum atomic E-state index is -0.0811. The molecule has 4 nitrogen and oxygen atoms in total. The average molecular weight is 306 g/mol. The van der Waals surface area contributed by atoms with Gasteiger partial charge in [-0.25, -0.2) is 0 Å². The van der Waals surface area contributed by atoms with E-state index in [0.717, 1.165) is 11.3 Å². The molecule has 0 aliphatic rings. The molecule has 1 rings (SSSR count). The maximum Gasteiger partial charge on any atom is 0.230 e. The monoisotopic (exact) mass is 306 g/mol. The van der Waals surface area contributed by atoms with E-state index in [1.54, 1.807) is 23.9 Å². The van der Waals surface area contributed by atoms with Crippen LogP contribution in [0.4, 0.5) is 0 Å². The molecule has 0 fully saturated rings. The summed E-state index contributed by atoms with van der Waals surface area (Å²) < 4.78 is 0. The lowest BCUT2D eigenvalue weighted by atomic mass is 9.90. The van der Waals surface area contributed by atoms with Crippen LogP contribution in [-0.4, -0.2) is 29.9 Å². The maximum atomic E-state index is 11.7. The molecule has 21 heavy (non-hydrogen) atoms. The highest BCUT2D eigenvalue weighted by molar-refractivity contribution is 7.99. The molecule has 1 amide bonds. The molecule has 0 bridgehead atoms. The summed E-state index contributed by atoms with van der Waals surface area (Å²) in [6, 6.07) is 9.47. The largest absolute Gasteiger partial charge is 0.396 e. The first-order valence-corrected chi connectivity index (χ1v) is 8.07. The number of carbonyl (C=O) groups is 1. The van der Waals surface area contributed by atoms with Crippen LogP contribution >= 0.6 is 11.8 Å². The van der Waals surface area contributed by atoms with Crippen molar-refractivity contribution in [2.24, 2.45) is 5.41 Å². The first kappa shape index (κ1) is 17.5. The predicted molar refractivity (Wildman–Crippen MR) is 85.8 cm³/mol. The average Bonchev–Trinajstić information content (AvgIpc) is 2.46. The number of benzene rings is 1. The summed E-state index contributed by atoms with van der Waals surface area (Å²) in [7, 11) is 0. The number of nitriles is 1. The fourth-order valence-electron chi connectivity index (χ4n) is 1.72. The van der Waals surface area contributed by atoms with Gasteiger partial charge in [0.1, 0.15) is 0 Å². The number of aliphatic hydroxyl groups is 1. The van der Waals surface area contributed by atoms with Crippen molar-refractivity contribution in [2.45, 2.75) is 26.0 Å². The van der Waals surface area contributed by atoms with Crippen LogP contribution in [0, 0.1) is 16.7 Å². The molecular formula is C16H22N2O2S. The summed E-state index contributed by atoms with van der Waals surface area (Å²) in [6.07, 6.45) is 0.672. The normalized spacial score (nSPS) is 11.0. The van der Waals surface area contributed by atoms with Crippen LogP contribution in [0.25, 0.3) is 0 Å². The van der Waals surface area contributed by atoms with Crippen LogP contribution in [0.2, 0.25) is 0 Å². The van der Waals surface area contributed by atoms with Crippen molar-refractivity contribution in [3.63, 3.8) is 0 Å². The minimum absolute atomic E-state index is 0.0136. The number of amides is 1. The molecule has 1 aromatic carbocycles. The van der Waals surface area contributed by atoms with Gasteiger partial charge in [0.15, 0.2) is 0 Å². The van der Waals surface area contributed by atoms with Gasteiger partial charge in [-0.15, -0.1) is 11.8 Å². The van der Waals surface area contributed by atoms with Crippen LogP contribution in [0.1, 0.15) is 31.4 Å². The summed E-state index contributed by atoms with van der Waals surface area (Å²) in [5, 5.41) is 20.5. The molecule has 0 atom stereocenters. The Hall–Kier alpha value is -1.51. The highest BCUT2D eigenvalue weighted by Gasteiger charge is 2.17. The van der Waals surface area contributed by atoms with Gasteiger partial charge in [0.2, 0.25) is 5.91 Å². The number of rotatable bonds is 8. The minimum Gasteiger partial charge on any atom is -0.396 e. The van der Waals surface area contributed by atoms with Crippen molar-refractivity contribution in [1.29, 1.82) is 5.26 Å². The third-order valence-corrected chi connectivity index (χ3v) is 4.14. The van der Waals surface area contributed by atoms with Crippen LogP contribution in [0.15, 0.2) is 24.3 Å². The van der Waals surface area contributed by atoms with Crippen molar-refractivity contribution < 1.29 is 9.90 Å². The number of hydrogen-bond donors (Lipinski definition) is 2. The molecule has 0 aliphatic heterocycles. The Morgan fingerprint density at radius 3 is 2.62 bits per heavy atom. The zero-order valence-electron chi connectivity index (χ0n) is 12.6. The van der Waals surface area contributed by atoms with E-state index in [2.05, 4.69) is 11.4 Å². The van der Waals surface area contributed by atoms with E-state index in [1.165, 1.54) is 0 Å². The summed E-state index contributed by atoms with van der Waals surface area (Å²) in [4.78, 5) is 11.7. The van der Waals surface area contributed by atoms with Gasteiger partial charge in [-0.05, 0) is 29.5 Å². The maximum absolute atomic E-state index is 11.7. The van der Waals surface area contributed by atoms with Gasteiger partial charge in [-0.2, -0.15) is 5.26 Å². The number of nitrogens with zero attached hydrogens (tertiary/aromatic N) is 1. The molecule has 0 heterocycles. The van der Waals surface area contributed by atoms with Crippen molar-refractivity contribution >= 4 is 17.7 Å². The third-order valence-electron chi connectivity index (χ3n) is 3.14. The number of thioether (sulfide) groups is 1. The molecule has 2 N–H and O–H groups in total. The molecule has 0 saturated carbocycles. The molecular weight excluding hydrogens is 284 g/mol. The number of carbonyl (C=O) groups excluding carboxylic acids is 1. The highest BCUT2D eigenvalue weighted by atomic mass is 32.2. The van der Waals surface area contributed by atoms with Gasteiger partial charge in [-0.3, -0.25) is 4.79 Å². The van der Waals surface area contributed by atoms with Crippen molar-refractivity contribution in [2.75, 3.05) is 18.9 Å². The second-order valence-corrected chi connectivity index (χ2v) is 6.70. The second kappa shape index (κ2) is 8.71. The topological polar surface area (TPSA) is 73.1 Å². The van der Waals surface area contributed by atoms with Gasteiger partial charge < -0.3 is 10.4 Å². The lowest BCUT2D eigenvalue weighted by Gasteiger charge is -2.23. The third kappa shape index (κ3) is 7.16. The molecule has 0 radical (unpaired) electrons. The zero-order valence-corrected chi connectivity index (χ0v) is 13.4. The van der Waals surface area contributed by atoms with Crippen LogP contribution in [-0.2, 0) is 10.5 Å². The van der Waals surface area contributed by atoms with E-state index in [-0.39, 0.29) is 17.9 Å². The lowest BCUT2D eigenvalue weighted by Crippen LogP contribution is -2.35. The van der Waals surface area contributed by atoms with Crippen LogP contribution in [0.3, 0.4) is 0 Å². The quantitative estimate of drug-likeness (QED) is 0.773. The van der Waals surface area contributed by atoms with Crippen LogP contribution in [0.5, 0.6) is 0 Å². The highest BCUT2D eigenvalue weighted by Crippen LogP contribution is 2.18. The lowest BCUT2D eigenvalue weighted by molar-refractivity contribution is -0.119. The predicted octanol–water partition coefficient (Wildman–Crippen LogP) is 2.32. The van der Waals surface area contributed by atoms with Gasteiger partial charge in [-0.1, -0.05) is 26.0 Å². The molecule has 0 spiro atoms. The van der Waals surface area contributed by atoms with E-state index in [1.807, 2.05) is 26.0 Å². The summed E-state index contributed by atoms with van der Waals surface area (Å²) in [5.74, 6) is 1.17. The summed E-state index contributed by atoms with van der Waals surface area (Å²) >= 11 is 1.55. The Kier molecular flexibility index (Phi) is 7.27. The van der Waals surface area contributed by atoms with E-state index >= 15 is 0 Å². The molecule has 0 saturated heterocycles. The Balaban J connectivity index is 2.25. The van der Waals surface area contributed by atoms with Crippen molar-refractivity contribution in [3.05, 3.63) is 35.4 Å². The van der Waals surface area contributed by atoms with Gasteiger partial charge in [0, 0.05) is 18.9 Å². The number of nitrogens with one attached hydrogen (secondary N) is 1. The first-order chi connectivity index (χ1) is 9.96. The fourth-order valence-corrected chi connectivity index (χ4v) is 2.53. The number of hydrogen-bond acceptors (Lipinski definition) is 4. The van der Waals surface area contributed by atoms with Gasteiger partial charge in [0.05, 0.1) is 17.4 Å². The smallest absolute Gasteiger partial charge is 0.230 e. The van der Waals surface area contributed by atoms with E-state index < -0.39 is 0 Å². The SMILES string of the molecule is CC(C)(CCO)CNC(=O)CSCc1ccc(C#N)cc1. The Morgan fingerprint density at radius 1 is 1.38 bits per heavy atom. The second-order valence-electron chi connectivity index (χ2n) is 5.72. The fraction of sp³-hybridized carbons (Fsp3) is 0.500. The summed E-state index contributed by atoms with van der Waals surface area (Å²) in [6.45, 7) is 4.75. The van der Waals surface area contributed by atoms with E-state index in [9.17, 15) is 4.79 Å². The Labute approximate surface area is 130 Å². The first-order valence-electron chi connectivity index (χ1n) is 6.91. The Morgan fingerprint density at radius 2 is 2.05 bits per heavy atom. The van der Waals surface area contributed by atoms with Crippen LogP contribution < -0.4 is 5.32 Å². The van der Waals surface area contributed by atoms with E-state index in [0.29, 0.717) is 24.3 Å². The van der Waals surface area contributed by atoms with Crippen molar-refractivity contribution in [3.8, 4) is 6.07 Å². The van der Waals surface area contributed by atoms with Gasteiger partial charge >= 0.3 is 0 Å². The summed E-state index contributed by atoms with van der Waals surface area (Å²) in [5.41, 5.74) is 1.67.